The molecule has 1 aromatic rings. The maximum absolute atomic E-state index is 12.1. The minimum Gasteiger partial charge on any atom is -0.310 e. The van der Waals surface area contributed by atoms with E-state index in [1.807, 2.05) is 12.3 Å². The summed E-state index contributed by atoms with van der Waals surface area (Å²) in [5, 5.41) is 3.75. The van der Waals surface area contributed by atoms with Gasteiger partial charge in [0.1, 0.15) is 4.21 Å². The summed E-state index contributed by atoms with van der Waals surface area (Å²) in [6, 6.07) is 3.95. The lowest BCUT2D eigenvalue weighted by atomic mass is 10.3. The highest BCUT2D eigenvalue weighted by atomic mass is 32.2. The quantitative estimate of drug-likeness (QED) is 0.728. The normalized spacial score (nSPS) is 13.8. The van der Waals surface area contributed by atoms with Gasteiger partial charge in [0, 0.05) is 29.3 Å². The van der Waals surface area contributed by atoms with Gasteiger partial charge in [0.2, 0.25) is 10.0 Å². The smallest absolute Gasteiger partial charge is 0.250 e. The summed E-state index contributed by atoms with van der Waals surface area (Å²) in [5.41, 5.74) is 0. The first-order valence-electron chi connectivity index (χ1n) is 6.69. The molecule has 116 valence electrons. The van der Waals surface area contributed by atoms with Crippen molar-refractivity contribution in [3.8, 4) is 0 Å². The largest absolute Gasteiger partial charge is 0.310 e. The Morgan fingerprint density at radius 1 is 1.30 bits per heavy atom. The average Bonchev–Trinajstić information content (AvgIpc) is 2.85. The number of nitrogens with one attached hydrogen (secondary N) is 2. The zero-order valence-electron chi connectivity index (χ0n) is 12.5. The number of thiophene rings is 1. The lowest BCUT2D eigenvalue weighted by molar-refractivity contribution is 0.581. The van der Waals surface area contributed by atoms with Crippen LogP contribution in [0.25, 0.3) is 0 Å². The highest BCUT2D eigenvalue weighted by molar-refractivity contribution is 7.99. The van der Waals surface area contributed by atoms with Gasteiger partial charge >= 0.3 is 0 Å². The van der Waals surface area contributed by atoms with Crippen LogP contribution in [0.15, 0.2) is 16.3 Å². The lowest BCUT2D eigenvalue weighted by Gasteiger charge is -2.08. The van der Waals surface area contributed by atoms with Gasteiger partial charge in [0.25, 0.3) is 0 Å². The Morgan fingerprint density at radius 3 is 2.60 bits per heavy atom. The standard InChI is InChI=1S/C13H24N2O2S3/c1-10(2)14-9-12-5-6-13(19-12)20(16,17)15-8-7-11(3)18-4/h5-6,10-11,14-15H,7-9H2,1-4H3. The van der Waals surface area contributed by atoms with Crippen molar-refractivity contribution in [3.05, 3.63) is 17.0 Å². The third-order valence-corrected chi connectivity index (χ3v) is 6.91. The maximum Gasteiger partial charge on any atom is 0.250 e. The Balaban J connectivity index is 2.55. The fourth-order valence-electron chi connectivity index (χ4n) is 1.49. The van der Waals surface area contributed by atoms with Crippen LogP contribution in [0.3, 0.4) is 0 Å². The van der Waals surface area contributed by atoms with E-state index >= 15 is 0 Å². The molecule has 0 radical (unpaired) electrons. The molecule has 0 fully saturated rings. The second kappa shape index (κ2) is 8.38. The fraction of sp³-hybridized carbons (Fsp3) is 0.692. The molecule has 0 spiro atoms. The molecule has 0 amide bonds. The van der Waals surface area contributed by atoms with E-state index in [1.54, 1.807) is 17.8 Å². The van der Waals surface area contributed by atoms with Crippen molar-refractivity contribution >= 4 is 33.1 Å². The molecule has 0 bridgehead atoms. The van der Waals surface area contributed by atoms with Crippen LogP contribution in [-0.2, 0) is 16.6 Å². The second-order valence-electron chi connectivity index (χ2n) is 4.99. The Bertz CT molecular complexity index is 497. The maximum atomic E-state index is 12.1. The first-order valence-corrected chi connectivity index (χ1v) is 10.3. The molecule has 2 N–H and O–H groups in total. The molecule has 20 heavy (non-hydrogen) atoms. The minimum atomic E-state index is -3.35. The highest BCUT2D eigenvalue weighted by Crippen LogP contribution is 2.21. The summed E-state index contributed by atoms with van der Waals surface area (Å²) in [4.78, 5) is 1.04. The first-order chi connectivity index (χ1) is 9.35. The Hall–Kier alpha value is -0.0800. The number of rotatable bonds is 9. The first kappa shape index (κ1) is 18.0. The van der Waals surface area contributed by atoms with Crippen LogP contribution in [0.2, 0.25) is 0 Å². The van der Waals surface area contributed by atoms with Crippen molar-refractivity contribution in [1.29, 1.82) is 0 Å². The summed E-state index contributed by atoms with van der Waals surface area (Å²) < 4.78 is 27.3. The van der Waals surface area contributed by atoms with Crippen molar-refractivity contribution in [2.75, 3.05) is 12.8 Å². The molecular weight excluding hydrogens is 312 g/mol. The third kappa shape index (κ3) is 6.13. The predicted octanol–water partition coefficient (Wildman–Crippen LogP) is 2.67. The molecule has 1 aromatic heterocycles. The van der Waals surface area contributed by atoms with E-state index in [0.29, 0.717) is 28.6 Å². The van der Waals surface area contributed by atoms with Gasteiger partial charge < -0.3 is 5.32 Å². The SMILES string of the molecule is CSC(C)CCNS(=O)(=O)c1ccc(CNC(C)C)s1. The van der Waals surface area contributed by atoms with Crippen molar-refractivity contribution in [1.82, 2.24) is 10.0 Å². The molecule has 1 unspecified atom stereocenters. The molecule has 0 saturated carbocycles. The van der Waals surface area contributed by atoms with Gasteiger partial charge in [-0.25, -0.2) is 13.1 Å². The molecule has 1 rings (SSSR count). The summed E-state index contributed by atoms with van der Waals surface area (Å²) in [7, 11) is -3.35. The third-order valence-electron chi connectivity index (χ3n) is 2.83. The van der Waals surface area contributed by atoms with E-state index in [4.69, 9.17) is 0 Å². The molecule has 0 aliphatic carbocycles. The Morgan fingerprint density at radius 2 is 2.00 bits per heavy atom. The molecule has 1 heterocycles. The molecule has 1 atom stereocenters. The van der Waals surface area contributed by atoms with Gasteiger partial charge in [-0.3, -0.25) is 0 Å². The van der Waals surface area contributed by atoms with Gasteiger partial charge in [-0.15, -0.1) is 11.3 Å². The monoisotopic (exact) mass is 336 g/mol. The van der Waals surface area contributed by atoms with Crippen LogP contribution in [0.1, 0.15) is 32.1 Å². The van der Waals surface area contributed by atoms with E-state index in [0.717, 1.165) is 11.3 Å². The van der Waals surface area contributed by atoms with Crippen molar-refractivity contribution in [2.24, 2.45) is 0 Å². The molecule has 0 saturated heterocycles. The van der Waals surface area contributed by atoms with Crippen LogP contribution in [0, 0.1) is 0 Å². The van der Waals surface area contributed by atoms with E-state index in [1.165, 1.54) is 11.3 Å². The summed E-state index contributed by atoms with van der Waals surface area (Å²) in [6.45, 7) is 7.43. The van der Waals surface area contributed by atoms with Crippen LogP contribution >= 0.6 is 23.1 Å². The Labute approximate surface area is 130 Å². The van der Waals surface area contributed by atoms with Gasteiger partial charge in [-0.05, 0) is 24.8 Å². The molecule has 0 aliphatic heterocycles. The lowest BCUT2D eigenvalue weighted by Crippen LogP contribution is -2.25. The minimum absolute atomic E-state index is 0.392. The predicted molar refractivity (Wildman–Crippen MR) is 89.1 cm³/mol. The average molecular weight is 337 g/mol. The van der Waals surface area contributed by atoms with Gasteiger partial charge in [0.15, 0.2) is 0 Å². The molecule has 4 nitrogen and oxygen atoms in total. The van der Waals surface area contributed by atoms with Crippen molar-refractivity contribution < 1.29 is 8.42 Å². The molecule has 7 heteroatoms. The van der Waals surface area contributed by atoms with E-state index in [2.05, 4.69) is 30.8 Å². The summed E-state index contributed by atoms with van der Waals surface area (Å²) in [6.07, 6.45) is 2.87. The molecule has 0 aliphatic rings. The van der Waals surface area contributed by atoms with Crippen LogP contribution in [0.5, 0.6) is 0 Å². The fourth-order valence-corrected chi connectivity index (χ4v) is 4.24. The second-order valence-corrected chi connectivity index (χ2v) is 9.43. The van der Waals surface area contributed by atoms with Crippen LogP contribution < -0.4 is 10.0 Å². The zero-order chi connectivity index (χ0) is 15.2. The Kier molecular flexibility index (Phi) is 7.53. The van der Waals surface area contributed by atoms with Crippen LogP contribution in [-0.4, -0.2) is 32.5 Å². The van der Waals surface area contributed by atoms with Crippen molar-refractivity contribution in [3.63, 3.8) is 0 Å². The van der Waals surface area contributed by atoms with Crippen LogP contribution in [0.4, 0.5) is 0 Å². The number of sulfonamides is 1. The number of hydrogen-bond acceptors (Lipinski definition) is 5. The highest BCUT2D eigenvalue weighted by Gasteiger charge is 2.16. The molecule has 0 aromatic carbocycles. The molecular formula is C13H24N2O2S3. The number of hydrogen-bond donors (Lipinski definition) is 2. The zero-order valence-corrected chi connectivity index (χ0v) is 14.9. The van der Waals surface area contributed by atoms with Gasteiger partial charge in [-0.1, -0.05) is 20.8 Å². The van der Waals surface area contributed by atoms with E-state index < -0.39 is 10.0 Å². The van der Waals surface area contributed by atoms with E-state index in [9.17, 15) is 8.42 Å². The van der Waals surface area contributed by atoms with Crippen molar-refractivity contribution in [2.45, 2.75) is 49.2 Å². The number of thioether (sulfide) groups is 1. The topological polar surface area (TPSA) is 58.2 Å². The van der Waals surface area contributed by atoms with Gasteiger partial charge in [0.05, 0.1) is 0 Å². The summed E-state index contributed by atoms with van der Waals surface area (Å²) in [5.74, 6) is 0. The van der Waals surface area contributed by atoms with E-state index in [-0.39, 0.29) is 0 Å². The van der Waals surface area contributed by atoms with Gasteiger partial charge in [-0.2, -0.15) is 11.8 Å². The summed E-state index contributed by atoms with van der Waals surface area (Å²) >= 11 is 3.07.